The number of nitrogens with zero attached hydrogens (tertiary/aromatic N) is 4. The van der Waals surface area contributed by atoms with Crippen LogP contribution < -0.4 is 4.74 Å². The van der Waals surface area contributed by atoms with Crippen LogP contribution >= 0.6 is 23.1 Å². The van der Waals surface area contributed by atoms with Gasteiger partial charge in [0.25, 0.3) is 0 Å². The first-order valence-electron chi connectivity index (χ1n) is 8.92. The molecule has 3 aromatic rings. The molecular formula is C20H18N4O3S2. The van der Waals surface area contributed by atoms with Crippen molar-refractivity contribution in [2.75, 3.05) is 19.5 Å². The van der Waals surface area contributed by atoms with Crippen molar-refractivity contribution >= 4 is 40.9 Å². The summed E-state index contributed by atoms with van der Waals surface area (Å²) in [6.07, 6.45) is 1.79. The van der Waals surface area contributed by atoms with Crippen LogP contribution in [-0.2, 0) is 9.53 Å². The highest BCUT2D eigenvalue weighted by atomic mass is 32.2. The van der Waals surface area contributed by atoms with Crippen LogP contribution in [0.1, 0.15) is 12.5 Å². The molecule has 0 radical (unpaired) electrons. The Morgan fingerprint density at radius 1 is 1.24 bits per heavy atom. The summed E-state index contributed by atoms with van der Waals surface area (Å²) in [5, 5.41) is 15.9. The molecule has 3 heterocycles. The van der Waals surface area contributed by atoms with E-state index in [4.69, 9.17) is 14.6 Å². The van der Waals surface area contributed by atoms with Gasteiger partial charge in [-0.25, -0.2) is 4.79 Å². The van der Waals surface area contributed by atoms with Gasteiger partial charge in [-0.05, 0) is 42.1 Å². The monoisotopic (exact) mass is 426 g/mol. The third-order valence-electron chi connectivity index (χ3n) is 4.15. The second-order valence-corrected chi connectivity index (χ2v) is 7.87. The molecule has 0 bridgehead atoms. The number of thioether (sulfide) groups is 1. The summed E-state index contributed by atoms with van der Waals surface area (Å²) >= 11 is 3.05. The van der Waals surface area contributed by atoms with Crippen LogP contribution in [0.5, 0.6) is 5.75 Å². The van der Waals surface area contributed by atoms with Crippen LogP contribution in [0, 0.1) is 0 Å². The van der Waals surface area contributed by atoms with E-state index in [1.807, 2.05) is 41.8 Å². The zero-order valence-corrected chi connectivity index (χ0v) is 17.5. The van der Waals surface area contributed by atoms with Gasteiger partial charge in [-0.3, -0.25) is 0 Å². The van der Waals surface area contributed by atoms with Crippen molar-refractivity contribution in [3.05, 3.63) is 52.9 Å². The number of thiophene rings is 1. The quantitative estimate of drug-likeness (QED) is 0.438. The highest BCUT2D eigenvalue weighted by Gasteiger charge is 2.25. The molecule has 2 aromatic heterocycles. The zero-order valence-electron chi connectivity index (χ0n) is 15.9. The molecule has 0 N–H and O–H groups in total. The van der Waals surface area contributed by atoms with E-state index in [2.05, 4.69) is 10.2 Å². The normalized spacial score (nSPS) is 13.6. The molecule has 4 rings (SSSR count). The summed E-state index contributed by atoms with van der Waals surface area (Å²) in [5.74, 6) is 1.51. The average molecular weight is 427 g/mol. The minimum Gasteiger partial charge on any atom is -0.497 e. The molecule has 0 fully saturated rings. The topological polar surface area (TPSA) is 78.6 Å². The minimum atomic E-state index is -0.406. The first-order valence-corrected chi connectivity index (χ1v) is 10.8. The second-order valence-electron chi connectivity index (χ2n) is 5.98. The lowest BCUT2D eigenvalue weighted by atomic mass is 10.1. The molecule has 1 aliphatic heterocycles. The summed E-state index contributed by atoms with van der Waals surface area (Å²) in [6, 6.07) is 11.4. The standard InChI is InChI=1S/C20H18N4O3S2/c1-3-27-19(25)15(11-13-6-8-14(26-2)9-7-13)16-12-29-20-22-21-18(24(20)23-16)17-5-4-10-28-17/h4-11H,3,12H2,1-2H3/b15-11-. The lowest BCUT2D eigenvalue weighted by Crippen LogP contribution is -2.21. The first kappa shape index (κ1) is 19.4. The maximum absolute atomic E-state index is 12.7. The van der Waals surface area contributed by atoms with Gasteiger partial charge >= 0.3 is 5.97 Å². The van der Waals surface area contributed by atoms with Crippen molar-refractivity contribution in [2.24, 2.45) is 5.10 Å². The van der Waals surface area contributed by atoms with Crippen LogP contribution in [0.3, 0.4) is 0 Å². The summed E-state index contributed by atoms with van der Waals surface area (Å²) in [4.78, 5) is 13.7. The van der Waals surface area contributed by atoms with Crippen molar-refractivity contribution in [2.45, 2.75) is 12.1 Å². The van der Waals surface area contributed by atoms with Crippen molar-refractivity contribution in [3.63, 3.8) is 0 Å². The van der Waals surface area contributed by atoms with Gasteiger partial charge in [0.15, 0.2) is 5.82 Å². The van der Waals surface area contributed by atoms with Crippen molar-refractivity contribution in [1.82, 2.24) is 14.9 Å². The fourth-order valence-corrected chi connectivity index (χ4v) is 4.28. The first-order chi connectivity index (χ1) is 14.2. The Labute approximate surface area is 176 Å². The van der Waals surface area contributed by atoms with Gasteiger partial charge < -0.3 is 9.47 Å². The van der Waals surface area contributed by atoms with Gasteiger partial charge in [0.2, 0.25) is 5.16 Å². The molecule has 0 atom stereocenters. The Balaban J connectivity index is 1.75. The smallest absolute Gasteiger partial charge is 0.340 e. The SMILES string of the molecule is CCOC(=O)/C(=C\c1ccc(OC)cc1)C1=Nn2c(nnc2-c2cccs2)SC1. The van der Waals surface area contributed by atoms with E-state index in [0.29, 0.717) is 28.0 Å². The van der Waals surface area contributed by atoms with E-state index in [1.54, 1.807) is 36.1 Å². The number of methoxy groups -OCH3 is 1. The summed E-state index contributed by atoms with van der Waals surface area (Å²) < 4.78 is 12.2. The number of hydrogen-bond donors (Lipinski definition) is 0. The predicted molar refractivity (Wildman–Crippen MR) is 114 cm³/mol. The van der Waals surface area contributed by atoms with Gasteiger partial charge in [0, 0.05) is 5.75 Å². The molecule has 0 spiro atoms. The summed E-state index contributed by atoms with van der Waals surface area (Å²) in [6.45, 7) is 2.07. The largest absolute Gasteiger partial charge is 0.497 e. The van der Waals surface area contributed by atoms with Crippen LogP contribution in [0.15, 0.2) is 57.6 Å². The number of carbonyl (C=O) groups is 1. The maximum Gasteiger partial charge on any atom is 0.340 e. The van der Waals surface area contributed by atoms with Crippen LogP contribution in [0.25, 0.3) is 16.8 Å². The summed E-state index contributed by atoms with van der Waals surface area (Å²) in [5.41, 5.74) is 1.89. The number of carbonyl (C=O) groups excluding carboxylic acids is 1. The van der Waals surface area contributed by atoms with E-state index >= 15 is 0 Å². The summed E-state index contributed by atoms with van der Waals surface area (Å²) in [7, 11) is 1.62. The average Bonchev–Trinajstić information content (AvgIpc) is 3.41. The molecule has 9 heteroatoms. The number of ether oxygens (including phenoxy) is 2. The van der Waals surface area contributed by atoms with Gasteiger partial charge in [0.1, 0.15) is 5.75 Å². The van der Waals surface area contributed by atoms with E-state index in [9.17, 15) is 4.79 Å². The predicted octanol–water partition coefficient (Wildman–Crippen LogP) is 3.97. The fraction of sp³-hybridized carbons (Fsp3) is 0.200. The van der Waals surface area contributed by atoms with Crippen molar-refractivity contribution in [3.8, 4) is 16.5 Å². The lowest BCUT2D eigenvalue weighted by Gasteiger charge is -2.15. The molecular weight excluding hydrogens is 408 g/mol. The molecule has 29 heavy (non-hydrogen) atoms. The number of esters is 1. The molecule has 7 nitrogen and oxygen atoms in total. The Kier molecular flexibility index (Phi) is 5.77. The number of benzene rings is 1. The lowest BCUT2D eigenvalue weighted by molar-refractivity contribution is -0.137. The van der Waals surface area contributed by atoms with Crippen molar-refractivity contribution in [1.29, 1.82) is 0 Å². The number of aromatic nitrogens is 3. The highest BCUT2D eigenvalue weighted by Crippen LogP contribution is 2.31. The molecule has 1 aromatic carbocycles. The van der Waals surface area contributed by atoms with Gasteiger partial charge in [-0.15, -0.1) is 21.5 Å². The van der Waals surface area contributed by atoms with Crippen LogP contribution in [-0.4, -0.2) is 46.0 Å². The Morgan fingerprint density at radius 3 is 2.76 bits per heavy atom. The molecule has 1 aliphatic rings. The number of fused-ring (bicyclic) bond motifs is 1. The molecule has 148 valence electrons. The molecule has 0 aliphatic carbocycles. The Bertz CT molecular complexity index is 1070. The number of hydrogen-bond acceptors (Lipinski definition) is 8. The van der Waals surface area contributed by atoms with Crippen molar-refractivity contribution < 1.29 is 14.3 Å². The second kappa shape index (κ2) is 8.62. The van der Waals surface area contributed by atoms with Crippen LogP contribution in [0.2, 0.25) is 0 Å². The Morgan fingerprint density at radius 2 is 2.07 bits per heavy atom. The molecule has 0 saturated heterocycles. The molecule has 0 unspecified atom stereocenters. The van der Waals surface area contributed by atoms with Gasteiger partial charge in [-0.1, -0.05) is 30.0 Å². The fourth-order valence-electron chi connectivity index (χ4n) is 2.75. The molecule has 0 saturated carbocycles. The Hall–Kier alpha value is -2.91. The molecule has 0 amide bonds. The van der Waals surface area contributed by atoms with Gasteiger partial charge in [-0.2, -0.15) is 9.78 Å². The van der Waals surface area contributed by atoms with Gasteiger partial charge in [0.05, 0.1) is 29.9 Å². The van der Waals surface area contributed by atoms with Crippen LogP contribution in [0.4, 0.5) is 0 Å². The third-order valence-corrected chi connectivity index (χ3v) is 5.94. The number of rotatable bonds is 6. The maximum atomic E-state index is 12.7. The zero-order chi connectivity index (χ0) is 20.2. The third kappa shape index (κ3) is 4.10. The van der Waals surface area contributed by atoms with E-state index in [-0.39, 0.29) is 6.61 Å². The highest BCUT2D eigenvalue weighted by molar-refractivity contribution is 7.99. The van der Waals surface area contributed by atoms with E-state index < -0.39 is 5.97 Å². The van der Waals surface area contributed by atoms with E-state index in [1.165, 1.54) is 11.8 Å². The van der Waals surface area contributed by atoms with E-state index in [0.717, 1.165) is 16.2 Å². The minimum absolute atomic E-state index is 0.289.